The van der Waals surface area contributed by atoms with Crippen molar-refractivity contribution in [1.82, 2.24) is 9.80 Å². The minimum Gasteiger partial charge on any atom is -0.380 e. The van der Waals surface area contributed by atoms with Crippen LogP contribution in [0, 0.1) is 0 Å². The summed E-state index contributed by atoms with van der Waals surface area (Å²) in [6, 6.07) is 6.82. The molecule has 1 fully saturated rings. The third kappa shape index (κ3) is 2.99. The average Bonchev–Trinajstić information content (AvgIpc) is 3.14. The van der Waals surface area contributed by atoms with Crippen molar-refractivity contribution in [3.63, 3.8) is 0 Å². The highest BCUT2D eigenvalue weighted by atomic mass is 16.5. The van der Waals surface area contributed by atoms with Crippen LogP contribution in [0.2, 0.25) is 0 Å². The van der Waals surface area contributed by atoms with E-state index in [9.17, 15) is 14.4 Å². The summed E-state index contributed by atoms with van der Waals surface area (Å²) < 4.78 is 5.25. The van der Waals surface area contributed by atoms with Crippen molar-refractivity contribution in [1.29, 1.82) is 0 Å². The number of ether oxygens (including phenoxy) is 1. The van der Waals surface area contributed by atoms with Crippen LogP contribution in [0.4, 0.5) is 0 Å². The molecule has 0 aromatic heterocycles. The number of rotatable bonds is 5. The lowest BCUT2D eigenvalue weighted by molar-refractivity contribution is -0.130. The van der Waals surface area contributed by atoms with Gasteiger partial charge in [-0.15, -0.1) is 0 Å². The third-order valence-corrected chi connectivity index (χ3v) is 4.48. The number of carbonyl (C=O) groups is 3. The van der Waals surface area contributed by atoms with E-state index in [4.69, 9.17) is 4.74 Å². The van der Waals surface area contributed by atoms with Crippen molar-refractivity contribution in [2.75, 3.05) is 26.7 Å². The molecule has 3 amide bonds. The first-order chi connectivity index (χ1) is 11.1. The van der Waals surface area contributed by atoms with Crippen LogP contribution in [0.1, 0.15) is 40.0 Å². The number of methoxy groups -OCH3 is 1. The van der Waals surface area contributed by atoms with Gasteiger partial charge in [-0.2, -0.15) is 0 Å². The second-order valence-electron chi connectivity index (χ2n) is 5.90. The van der Waals surface area contributed by atoms with Crippen molar-refractivity contribution < 1.29 is 19.1 Å². The molecule has 0 aliphatic carbocycles. The first-order valence-corrected chi connectivity index (χ1v) is 7.87. The Kier molecular flexibility index (Phi) is 4.43. The number of carbonyl (C=O) groups excluding carboxylic acids is 3. The molecule has 2 aliphatic rings. The fourth-order valence-electron chi connectivity index (χ4n) is 3.14. The monoisotopic (exact) mass is 316 g/mol. The van der Waals surface area contributed by atoms with Crippen molar-refractivity contribution in [2.24, 2.45) is 0 Å². The number of imide groups is 1. The highest BCUT2D eigenvalue weighted by Crippen LogP contribution is 2.23. The topological polar surface area (TPSA) is 66.9 Å². The van der Waals surface area contributed by atoms with Crippen LogP contribution in [0.15, 0.2) is 24.3 Å². The molecule has 2 heterocycles. The molecule has 3 rings (SSSR count). The van der Waals surface area contributed by atoms with Gasteiger partial charge >= 0.3 is 0 Å². The Balaban J connectivity index is 1.51. The zero-order valence-corrected chi connectivity index (χ0v) is 13.2. The molecule has 1 atom stereocenters. The fourth-order valence-corrected chi connectivity index (χ4v) is 3.14. The molecular weight excluding hydrogens is 296 g/mol. The summed E-state index contributed by atoms with van der Waals surface area (Å²) >= 11 is 0. The molecule has 122 valence electrons. The van der Waals surface area contributed by atoms with Crippen molar-refractivity contribution in [3.8, 4) is 0 Å². The number of likely N-dealkylation sites (tertiary alicyclic amines) is 1. The number of fused-ring (bicyclic) bond motifs is 1. The van der Waals surface area contributed by atoms with E-state index in [1.807, 2.05) is 0 Å². The Morgan fingerprint density at radius 2 is 1.87 bits per heavy atom. The fraction of sp³-hybridized carbons (Fsp3) is 0.471. The Bertz CT molecular complexity index is 608. The SMILES string of the molecule is COC1CCN(C(=O)CCCN2C(=O)c3ccccc3C2=O)C1. The zero-order chi connectivity index (χ0) is 16.4. The third-order valence-electron chi connectivity index (χ3n) is 4.48. The lowest BCUT2D eigenvalue weighted by Crippen LogP contribution is -2.33. The van der Waals surface area contributed by atoms with E-state index in [1.165, 1.54) is 4.90 Å². The molecule has 0 spiro atoms. The maximum absolute atomic E-state index is 12.2. The molecule has 0 radical (unpaired) electrons. The highest BCUT2D eigenvalue weighted by molar-refractivity contribution is 6.21. The van der Waals surface area contributed by atoms with Crippen LogP contribution in [0.3, 0.4) is 0 Å². The van der Waals surface area contributed by atoms with E-state index < -0.39 is 0 Å². The van der Waals surface area contributed by atoms with E-state index in [1.54, 1.807) is 36.3 Å². The average molecular weight is 316 g/mol. The minimum absolute atomic E-state index is 0.0566. The molecule has 0 bridgehead atoms. The Hall–Kier alpha value is -2.21. The smallest absolute Gasteiger partial charge is 0.261 e. The van der Waals surface area contributed by atoms with E-state index in [0.29, 0.717) is 37.1 Å². The van der Waals surface area contributed by atoms with Gasteiger partial charge in [-0.3, -0.25) is 19.3 Å². The van der Waals surface area contributed by atoms with Crippen LogP contribution in [0.25, 0.3) is 0 Å². The van der Waals surface area contributed by atoms with Crippen LogP contribution in [-0.4, -0.2) is 60.4 Å². The highest BCUT2D eigenvalue weighted by Gasteiger charge is 2.34. The molecule has 0 saturated carbocycles. The molecule has 6 nitrogen and oxygen atoms in total. The predicted octanol–water partition coefficient (Wildman–Crippen LogP) is 1.31. The lowest BCUT2D eigenvalue weighted by Gasteiger charge is -2.17. The number of hydrogen-bond donors (Lipinski definition) is 0. The largest absolute Gasteiger partial charge is 0.380 e. The van der Waals surface area contributed by atoms with Crippen LogP contribution in [-0.2, 0) is 9.53 Å². The predicted molar refractivity (Wildman–Crippen MR) is 83.0 cm³/mol. The Morgan fingerprint density at radius 3 is 2.43 bits per heavy atom. The molecule has 1 aromatic carbocycles. The van der Waals surface area contributed by atoms with Crippen molar-refractivity contribution >= 4 is 17.7 Å². The number of hydrogen-bond acceptors (Lipinski definition) is 4. The second-order valence-corrected chi connectivity index (χ2v) is 5.90. The number of amides is 3. The molecule has 23 heavy (non-hydrogen) atoms. The molecule has 1 unspecified atom stereocenters. The number of nitrogens with zero attached hydrogens (tertiary/aromatic N) is 2. The minimum atomic E-state index is -0.265. The molecule has 6 heteroatoms. The summed E-state index contributed by atoms with van der Waals surface area (Å²) in [7, 11) is 1.65. The summed E-state index contributed by atoms with van der Waals surface area (Å²) in [5.41, 5.74) is 0.901. The lowest BCUT2D eigenvalue weighted by atomic mass is 10.1. The van der Waals surface area contributed by atoms with Crippen molar-refractivity contribution in [2.45, 2.75) is 25.4 Å². The van der Waals surface area contributed by atoms with Crippen LogP contribution >= 0.6 is 0 Å². The van der Waals surface area contributed by atoms with Crippen molar-refractivity contribution in [3.05, 3.63) is 35.4 Å². The summed E-state index contributed by atoms with van der Waals surface area (Å²) in [5.74, 6) is -0.474. The van der Waals surface area contributed by atoms with Gasteiger partial charge in [-0.1, -0.05) is 12.1 Å². The Labute approximate surface area is 135 Å². The summed E-state index contributed by atoms with van der Waals surface area (Å²) in [6.45, 7) is 1.62. The van der Waals surface area contributed by atoms with Crippen LogP contribution < -0.4 is 0 Å². The Morgan fingerprint density at radius 1 is 1.22 bits per heavy atom. The zero-order valence-electron chi connectivity index (χ0n) is 13.2. The summed E-state index contributed by atoms with van der Waals surface area (Å²) in [6.07, 6.45) is 1.80. The second kappa shape index (κ2) is 6.50. The van der Waals surface area contributed by atoms with Gasteiger partial charge in [0.1, 0.15) is 0 Å². The maximum Gasteiger partial charge on any atom is 0.261 e. The quantitative estimate of drug-likeness (QED) is 0.768. The standard InChI is InChI=1S/C17H20N2O4/c1-23-12-8-10-18(11-12)15(20)7-4-9-19-16(21)13-5-2-3-6-14(13)17(19)22/h2-3,5-6,12H,4,7-11H2,1H3. The molecular formula is C17H20N2O4. The van der Waals surface area contributed by atoms with Crippen LogP contribution in [0.5, 0.6) is 0 Å². The van der Waals surface area contributed by atoms with Gasteiger partial charge in [0.2, 0.25) is 5.91 Å². The van der Waals surface area contributed by atoms with E-state index in [0.717, 1.165) is 6.42 Å². The molecule has 2 aliphatic heterocycles. The first-order valence-electron chi connectivity index (χ1n) is 7.87. The molecule has 1 aromatic rings. The van der Waals surface area contributed by atoms with Gasteiger partial charge in [0.05, 0.1) is 17.2 Å². The summed E-state index contributed by atoms with van der Waals surface area (Å²) in [5, 5.41) is 0. The van der Waals surface area contributed by atoms with Gasteiger partial charge < -0.3 is 9.64 Å². The van der Waals surface area contributed by atoms with Gasteiger partial charge in [0.15, 0.2) is 0 Å². The van der Waals surface area contributed by atoms with Gasteiger partial charge in [-0.05, 0) is 25.0 Å². The van der Waals surface area contributed by atoms with E-state index >= 15 is 0 Å². The molecule has 1 saturated heterocycles. The maximum atomic E-state index is 12.2. The number of benzene rings is 1. The summed E-state index contributed by atoms with van der Waals surface area (Å²) in [4.78, 5) is 39.6. The molecule has 0 N–H and O–H groups in total. The van der Waals surface area contributed by atoms with E-state index in [-0.39, 0.29) is 30.4 Å². The van der Waals surface area contributed by atoms with Gasteiger partial charge in [-0.25, -0.2) is 0 Å². The normalized spacial score (nSPS) is 20.3. The van der Waals surface area contributed by atoms with E-state index in [2.05, 4.69) is 0 Å². The van der Waals surface area contributed by atoms with Gasteiger partial charge in [0.25, 0.3) is 11.8 Å². The van der Waals surface area contributed by atoms with Gasteiger partial charge in [0, 0.05) is 33.2 Å². The first kappa shape index (κ1) is 15.7.